The van der Waals surface area contributed by atoms with Gasteiger partial charge in [0.05, 0.1) is 6.54 Å². The molecule has 0 bridgehead atoms. The maximum absolute atomic E-state index is 5.41. The molecule has 4 heteroatoms. The van der Waals surface area contributed by atoms with Gasteiger partial charge in [-0.1, -0.05) is 23.9 Å². The Labute approximate surface area is 65.0 Å². The van der Waals surface area contributed by atoms with Gasteiger partial charge in [0.2, 0.25) is 0 Å². The van der Waals surface area contributed by atoms with Gasteiger partial charge >= 0.3 is 0 Å². The van der Waals surface area contributed by atoms with Crippen molar-refractivity contribution in [3.63, 3.8) is 0 Å². The fraction of sp³-hybridized carbons (Fsp3) is 0.400. The summed E-state index contributed by atoms with van der Waals surface area (Å²) in [6, 6.07) is 0. The van der Waals surface area contributed by atoms with Crippen molar-refractivity contribution < 1.29 is 0 Å². The Kier molecular flexibility index (Phi) is 4.62. The highest BCUT2D eigenvalue weighted by Gasteiger charge is 1.91. The lowest BCUT2D eigenvalue weighted by molar-refractivity contribution is 1.24. The van der Waals surface area contributed by atoms with Gasteiger partial charge in [-0.05, 0) is 0 Å². The van der Waals surface area contributed by atoms with Crippen molar-refractivity contribution >= 4 is 29.3 Å². The molecule has 1 rings (SSSR count). The fourth-order valence-corrected chi connectivity index (χ4v) is 1.03. The van der Waals surface area contributed by atoms with Gasteiger partial charge in [0, 0.05) is 5.75 Å². The van der Waals surface area contributed by atoms with Crippen LogP contribution < -0.4 is 5.73 Å². The Morgan fingerprint density at radius 1 is 1.56 bits per heavy atom. The van der Waals surface area contributed by atoms with Crippen LogP contribution in [0.2, 0.25) is 0 Å². The highest BCUT2D eigenvalue weighted by atomic mass is 35.5. The summed E-state index contributed by atoms with van der Waals surface area (Å²) in [5.74, 6) is 0.968. The monoisotopic (exact) mass is 164 g/mol. The first-order valence-corrected chi connectivity index (χ1v) is 3.46. The molecule has 2 N–H and O–H groups in total. The molecular weight excluding hydrogens is 156 g/mol. The molecule has 52 valence electrons. The van der Waals surface area contributed by atoms with E-state index in [4.69, 9.17) is 5.73 Å². The smallest absolute Gasteiger partial charge is 0.154 e. The van der Waals surface area contributed by atoms with Crippen molar-refractivity contribution in [1.29, 1.82) is 0 Å². The van der Waals surface area contributed by atoms with Gasteiger partial charge in [-0.15, -0.1) is 12.4 Å². The van der Waals surface area contributed by atoms with Crippen molar-refractivity contribution in [3.05, 3.63) is 12.2 Å². The predicted molar refractivity (Wildman–Crippen MR) is 45.3 cm³/mol. The summed E-state index contributed by atoms with van der Waals surface area (Å²) in [5.41, 5.74) is 5.41. The third-order valence-corrected chi connectivity index (χ3v) is 1.63. The Morgan fingerprint density at radius 3 is 3.11 bits per heavy atom. The lowest BCUT2D eigenvalue weighted by Crippen LogP contribution is -2.05. The van der Waals surface area contributed by atoms with E-state index in [0.717, 1.165) is 12.3 Å². The van der Waals surface area contributed by atoms with Crippen molar-refractivity contribution in [1.82, 2.24) is 0 Å². The largest absolute Gasteiger partial charge is 0.379 e. The van der Waals surface area contributed by atoms with Crippen LogP contribution in [0.25, 0.3) is 0 Å². The molecule has 0 aliphatic carbocycles. The maximum Gasteiger partial charge on any atom is 0.154 e. The Hall–Kier alpha value is -0.150. The standard InChI is InChI=1S/C5H8N2S.ClH/c6-5-7-3-1-2-4-8-5;/h1-2H,3-4H2,(H2,6,7);1H. The minimum absolute atomic E-state index is 0. The van der Waals surface area contributed by atoms with Crippen LogP contribution >= 0.6 is 24.2 Å². The van der Waals surface area contributed by atoms with Crippen LogP contribution in [0.1, 0.15) is 0 Å². The van der Waals surface area contributed by atoms with E-state index in [0.29, 0.717) is 5.17 Å². The number of thioether (sulfide) groups is 1. The Morgan fingerprint density at radius 2 is 2.33 bits per heavy atom. The number of aliphatic imine (C=N–C) groups is 1. The van der Waals surface area contributed by atoms with E-state index in [-0.39, 0.29) is 12.4 Å². The van der Waals surface area contributed by atoms with Crippen LogP contribution in [-0.2, 0) is 0 Å². The van der Waals surface area contributed by atoms with Crippen molar-refractivity contribution in [3.8, 4) is 0 Å². The van der Waals surface area contributed by atoms with Crippen LogP contribution in [0.4, 0.5) is 0 Å². The molecule has 0 fully saturated rings. The van der Waals surface area contributed by atoms with Gasteiger partial charge in [-0.25, -0.2) is 0 Å². The summed E-state index contributed by atoms with van der Waals surface area (Å²) in [6.07, 6.45) is 4.10. The molecule has 1 heterocycles. The fourth-order valence-electron chi connectivity index (χ4n) is 0.464. The second-order valence-corrected chi connectivity index (χ2v) is 2.50. The van der Waals surface area contributed by atoms with Crippen LogP contribution in [-0.4, -0.2) is 17.5 Å². The van der Waals surface area contributed by atoms with Gasteiger partial charge in [0.15, 0.2) is 5.17 Å². The second kappa shape index (κ2) is 4.70. The summed E-state index contributed by atoms with van der Waals surface area (Å²) in [5, 5.41) is 0.704. The third kappa shape index (κ3) is 3.43. The van der Waals surface area contributed by atoms with Gasteiger partial charge in [0.1, 0.15) is 0 Å². The zero-order valence-electron chi connectivity index (χ0n) is 4.91. The van der Waals surface area contributed by atoms with Gasteiger partial charge in [0.25, 0.3) is 0 Å². The Balaban J connectivity index is 0.000000640. The third-order valence-electron chi connectivity index (χ3n) is 0.847. The molecule has 0 spiro atoms. The first-order valence-electron chi connectivity index (χ1n) is 2.47. The molecule has 0 aromatic heterocycles. The first kappa shape index (κ1) is 8.85. The quantitative estimate of drug-likeness (QED) is 0.543. The van der Waals surface area contributed by atoms with Gasteiger partial charge in [-0.3, -0.25) is 4.99 Å². The Bertz CT molecular complexity index is 133. The van der Waals surface area contributed by atoms with E-state index in [1.54, 1.807) is 11.8 Å². The van der Waals surface area contributed by atoms with Crippen molar-refractivity contribution in [2.24, 2.45) is 10.7 Å². The molecule has 0 radical (unpaired) electrons. The molecule has 0 amide bonds. The molecule has 0 unspecified atom stereocenters. The van der Waals surface area contributed by atoms with E-state index in [1.807, 2.05) is 6.08 Å². The van der Waals surface area contributed by atoms with E-state index in [9.17, 15) is 0 Å². The summed E-state index contributed by atoms with van der Waals surface area (Å²) in [4.78, 5) is 3.99. The number of rotatable bonds is 0. The number of hydrogen-bond acceptors (Lipinski definition) is 3. The second-order valence-electron chi connectivity index (χ2n) is 1.46. The van der Waals surface area contributed by atoms with Crippen LogP contribution in [0.15, 0.2) is 17.1 Å². The molecule has 0 atom stereocenters. The molecule has 0 saturated carbocycles. The van der Waals surface area contributed by atoms with E-state index >= 15 is 0 Å². The first-order chi connectivity index (χ1) is 3.89. The lowest BCUT2D eigenvalue weighted by atomic mass is 10.5. The van der Waals surface area contributed by atoms with Crippen molar-refractivity contribution in [2.75, 3.05) is 12.3 Å². The van der Waals surface area contributed by atoms with Crippen molar-refractivity contribution in [2.45, 2.75) is 0 Å². The average Bonchev–Trinajstić information content (AvgIpc) is 1.94. The number of hydrogen-bond donors (Lipinski definition) is 1. The van der Waals surface area contributed by atoms with Crippen LogP contribution in [0.3, 0.4) is 0 Å². The van der Waals surface area contributed by atoms with E-state index < -0.39 is 0 Å². The molecule has 0 aromatic rings. The normalized spacial score (nSPS) is 17.6. The number of halogens is 1. The molecule has 9 heavy (non-hydrogen) atoms. The molecule has 1 aliphatic rings. The molecule has 2 nitrogen and oxygen atoms in total. The van der Waals surface area contributed by atoms with E-state index in [2.05, 4.69) is 11.1 Å². The average molecular weight is 165 g/mol. The summed E-state index contributed by atoms with van der Waals surface area (Å²) < 4.78 is 0. The molecule has 1 aliphatic heterocycles. The minimum Gasteiger partial charge on any atom is -0.379 e. The highest BCUT2D eigenvalue weighted by molar-refractivity contribution is 8.13. The summed E-state index contributed by atoms with van der Waals surface area (Å²) in [7, 11) is 0. The topological polar surface area (TPSA) is 38.4 Å². The summed E-state index contributed by atoms with van der Waals surface area (Å²) in [6.45, 7) is 0.749. The number of nitrogens with two attached hydrogens (primary N) is 1. The number of amidine groups is 1. The van der Waals surface area contributed by atoms with Crippen LogP contribution in [0.5, 0.6) is 0 Å². The van der Waals surface area contributed by atoms with Gasteiger partial charge < -0.3 is 5.73 Å². The maximum atomic E-state index is 5.41. The SMILES string of the molecule is Cl.NC1=NCC=CCS1. The predicted octanol–water partition coefficient (Wildman–Crippen LogP) is 1.03. The zero-order valence-corrected chi connectivity index (χ0v) is 6.54. The summed E-state index contributed by atoms with van der Waals surface area (Å²) >= 11 is 1.58. The zero-order chi connectivity index (χ0) is 5.82. The molecular formula is C5H9ClN2S. The lowest BCUT2D eigenvalue weighted by Gasteiger charge is -1.89. The molecule has 0 saturated heterocycles. The molecule has 0 aromatic carbocycles. The highest BCUT2D eigenvalue weighted by Crippen LogP contribution is 2.02. The van der Waals surface area contributed by atoms with Gasteiger partial charge in [-0.2, -0.15) is 0 Å². The van der Waals surface area contributed by atoms with Crippen LogP contribution in [0, 0.1) is 0 Å². The van der Waals surface area contributed by atoms with E-state index in [1.165, 1.54) is 0 Å². The minimum atomic E-state index is 0. The number of nitrogens with zero attached hydrogens (tertiary/aromatic N) is 1.